The van der Waals surface area contributed by atoms with Crippen molar-refractivity contribution in [2.45, 2.75) is 78.2 Å². The van der Waals surface area contributed by atoms with E-state index in [4.69, 9.17) is 14.0 Å². The van der Waals surface area contributed by atoms with Crippen LogP contribution >= 0.6 is 0 Å². The lowest BCUT2D eigenvalue weighted by molar-refractivity contribution is 0.00578. The van der Waals surface area contributed by atoms with Crippen molar-refractivity contribution in [1.29, 1.82) is 0 Å². The molecule has 1 aliphatic rings. The number of rotatable bonds is 4. The first kappa shape index (κ1) is 22.6. The zero-order chi connectivity index (χ0) is 21.5. The first-order valence-electron chi connectivity index (χ1n) is 9.06. The first-order chi connectivity index (χ1) is 12.6. The van der Waals surface area contributed by atoms with E-state index in [-0.39, 0.29) is 17.6 Å². The van der Waals surface area contributed by atoms with Crippen LogP contribution < -0.4 is 10.8 Å². The van der Waals surface area contributed by atoms with Crippen LogP contribution in [0.1, 0.15) is 66.0 Å². The van der Waals surface area contributed by atoms with Crippen LogP contribution in [0.25, 0.3) is 0 Å². The monoisotopic (exact) mass is 401 g/mol. The van der Waals surface area contributed by atoms with Gasteiger partial charge in [0.15, 0.2) is 0 Å². The predicted octanol–water partition coefficient (Wildman–Crippen LogP) is 4.09. The maximum atomic E-state index is 15.0. The number of nitrogens with one attached hydrogen (secondary N) is 1. The van der Waals surface area contributed by atoms with Gasteiger partial charge >= 0.3 is 13.2 Å². The van der Waals surface area contributed by atoms with Crippen LogP contribution in [0, 0.1) is 5.82 Å². The largest absolute Gasteiger partial charge is 0.497 e. The molecule has 1 fully saturated rings. The molecule has 28 heavy (non-hydrogen) atoms. The number of benzene rings is 1. The fourth-order valence-corrected chi connectivity index (χ4v) is 2.67. The van der Waals surface area contributed by atoms with E-state index < -0.39 is 47.8 Å². The average Bonchev–Trinajstić information content (AvgIpc) is 2.70. The molecule has 156 valence electrons. The number of ether oxygens (including phenoxy) is 1. The number of halogens is 3. The van der Waals surface area contributed by atoms with Gasteiger partial charge in [0.2, 0.25) is 0 Å². The van der Waals surface area contributed by atoms with Gasteiger partial charge in [0.1, 0.15) is 11.4 Å². The van der Waals surface area contributed by atoms with Crippen LogP contribution in [0.15, 0.2) is 12.1 Å². The second-order valence-corrected chi connectivity index (χ2v) is 8.79. The lowest BCUT2D eigenvalue weighted by Crippen LogP contribution is -2.41. The predicted molar refractivity (Wildman–Crippen MR) is 100 cm³/mol. The first-order valence-corrected chi connectivity index (χ1v) is 9.06. The topological polar surface area (TPSA) is 56.8 Å². The molecular weight excluding hydrogens is 374 g/mol. The van der Waals surface area contributed by atoms with E-state index in [1.807, 2.05) is 0 Å². The van der Waals surface area contributed by atoms with Gasteiger partial charge in [-0.25, -0.2) is 18.0 Å². The SMILES string of the molecule is CC(C)(C)OC(=O)NCc1ccc(B2OC(C)(C)C(C)(C)O2)c(F)c1C(F)F. The quantitative estimate of drug-likeness (QED) is 0.773. The molecule has 5 nitrogen and oxygen atoms in total. The van der Waals surface area contributed by atoms with Gasteiger partial charge in [0.05, 0.1) is 16.8 Å². The summed E-state index contributed by atoms with van der Waals surface area (Å²) >= 11 is 0. The Hall–Kier alpha value is -1.74. The summed E-state index contributed by atoms with van der Waals surface area (Å²) in [5, 5.41) is 2.37. The number of alkyl halides is 2. The Morgan fingerprint density at radius 2 is 1.71 bits per heavy atom. The fourth-order valence-electron chi connectivity index (χ4n) is 2.67. The minimum absolute atomic E-state index is 0.0429. The Balaban J connectivity index is 2.27. The van der Waals surface area contributed by atoms with Crippen molar-refractivity contribution in [1.82, 2.24) is 5.32 Å². The molecule has 1 heterocycles. The highest BCUT2D eigenvalue weighted by Gasteiger charge is 2.52. The van der Waals surface area contributed by atoms with Crippen molar-refractivity contribution < 1.29 is 32.0 Å². The third kappa shape index (κ3) is 4.81. The molecule has 1 amide bonds. The van der Waals surface area contributed by atoms with Crippen molar-refractivity contribution in [3.05, 3.63) is 29.1 Å². The summed E-state index contributed by atoms with van der Waals surface area (Å²) in [5.74, 6) is -1.10. The molecule has 9 heteroatoms. The van der Waals surface area contributed by atoms with Crippen LogP contribution in [0.4, 0.5) is 18.0 Å². The Morgan fingerprint density at radius 1 is 1.18 bits per heavy atom. The zero-order valence-corrected chi connectivity index (χ0v) is 17.3. The Kier molecular flexibility index (Phi) is 6.12. The van der Waals surface area contributed by atoms with E-state index in [1.54, 1.807) is 48.5 Å². The van der Waals surface area contributed by atoms with Crippen LogP contribution in [-0.4, -0.2) is 30.0 Å². The van der Waals surface area contributed by atoms with Gasteiger partial charge in [0.25, 0.3) is 6.43 Å². The van der Waals surface area contributed by atoms with E-state index in [9.17, 15) is 18.0 Å². The van der Waals surface area contributed by atoms with E-state index in [1.165, 1.54) is 12.1 Å². The van der Waals surface area contributed by atoms with E-state index in [0.29, 0.717) is 0 Å². The number of alkyl carbamates (subject to hydrolysis) is 1. The minimum Gasteiger partial charge on any atom is -0.444 e. The Labute approximate surface area is 164 Å². The molecule has 1 saturated heterocycles. The fraction of sp³-hybridized carbons (Fsp3) is 0.632. The smallest absolute Gasteiger partial charge is 0.444 e. The maximum Gasteiger partial charge on any atom is 0.497 e. The lowest BCUT2D eigenvalue weighted by atomic mass is 9.77. The standard InChI is InChI=1S/C19H27BF3NO4/c1-17(2,3)26-16(25)24-10-11-8-9-12(14(21)13(11)15(22)23)20-27-18(4,5)19(6,7)28-20/h8-9,15H,10H2,1-7H3,(H,24,25). The molecule has 0 atom stereocenters. The van der Waals surface area contributed by atoms with Crippen molar-refractivity contribution in [3.8, 4) is 0 Å². The van der Waals surface area contributed by atoms with Gasteiger partial charge < -0.3 is 19.4 Å². The summed E-state index contributed by atoms with van der Waals surface area (Å²) < 4.78 is 58.7. The molecular formula is C19H27BF3NO4. The van der Waals surface area contributed by atoms with Crippen molar-refractivity contribution in [2.75, 3.05) is 0 Å². The Bertz CT molecular complexity index is 731. The van der Waals surface area contributed by atoms with Crippen LogP contribution in [0.2, 0.25) is 0 Å². The Morgan fingerprint density at radius 3 is 2.18 bits per heavy atom. The molecule has 0 radical (unpaired) electrons. The number of carbonyl (C=O) groups is 1. The molecule has 0 spiro atoms. The molecule has 0 aliphatic carbocycles. The third-order valence-electron chi connectivity index (χ3n) is 4.85. The number of hydrogen-bond donors (Lipinski definition) is 1. The molecule has 1 aliphatic heterocycles. The summed E-state index contributed by atoms with van der Waals surface area (Å²) in [4.78, 5) is 11.8. The zero-order valence-electron chi connectivity index (χ0n) is 17.3. The van der Waals surface area contributed by atoms with Crippen LogP contribution in [-0.2, 0) is 20.6 Å². The lowest BCUT2D eigenvalue weighted by Gasteiger charge is -2.32. The molecule has 1 aromatic carbocycles. The van der Waals surface area contributed by atoms with Gasteiger partial charge in [-0.1, -0.05) is 12.1 Å². The van der Waals surface area contributed by atoms with Gasteiger partial charge in [-0.05, 0) is 54.0 Å². The highest BCUT2D eigenvalue weighted by Crippen LogP contribution is 2.37. The maximum absolute atomic E-state index is 15.0. The summed E-state index contributed by atoms with van der Waals surface area (Å²) in [6, 6.07) is 2.68. The summed E-state index contributed by atoms with van der Waals surface area (Å²) in [7, 11) is -1.10. The van der Waals surface area contributed by atoms with E-state index >= 15 is 0 Å². The van der Waals surface area contributed by atoms with Gasteiger partial charge in [-0.3, -0.25) is 0 Å². The summed E-state index contributed by atoms with van der Waals surface area (Å²) in [6.45, 7) is 11.9. The normalized spacial score (nSPS) is 18.5. The van der Waals surface area contributed by atoms with Crippen molar-refractivity contribution in [3.63, 3.8) is 0 Å². The molecule has 2 rings (SSSR count). The van der Waals surface area contributed by atoms with Gasteiger partial charge in [-0.2, -0.15) is 0 Å². The van der Waals surface area contributed by atoms with E-state index in [0.717, 1.165) is 0 Å². The summed E-state index contributed by atoms with van der Waals surface area (Å²) in [5.41, 5.74) is -3.13. The average molecular weight is 401 g/mol. The summed E-state index contributed by atoms with van der Waals surface area (Å²) in [6.07, 6.45) is -3.85. The number of amides is 1. The molecule has 1 N–H and O–H groups in total. The van der Waals surface area contributed by atoms with Gasteiger partial charge in [0, 0.05) is 12.0 Å². The second-order valence-electron chi connectivity index (χ2n) is 8.79. The third-order valence-corrected chi connectivity index (χ3v) is 4.85. The van der Waals surface area contributed by atoms with Crippen molar-refractivity contribution >= 4 is 18.7 Å². The highest BCUT2D eigenvalue weighted by molar-refractivity contribution is 6.62. The van der Waals surface area contributed by atoms with Gasteiger partial charge in [-0.15, -0.1) is 0 Å². The van der Waals surface area contributed by atoms with E-state index in [2.05, 4.69) is 5.32 Å². The van der Waals surface area contributed by atoms with Crippen molar-refractivity contribution in [2.24, 2.45) is 0 Å². The number of hydrogen-bond acceptors (Lipinski definition) is 4. The minimum atomic E-state index is -3.07. The highest BCUT2D eigenvalue weighted by atomic mass is 19.3. The molecule has 1 aromatic rings. The molecule has 0 unspecified atom stereocenters. The molecule has 0 bridgehead atoms. The van der Waals surface area contributed by atoms with Crippen LogP contribution in [0.5, 0.6) is 0 Å². The number of carbonyl (C=O) groups excluding carboxylic acids is 1. The molecule has 0 saturated carbocycles. The molecule has 0 aromatic heterocycles. The second kappa shape index (κ2) is 7.59. The van der Waals surface area contributed by atoms with Crippen LogP contribution in [0.3, 0.4) is 0 Å².